The van der Waals surface area contributed by atoms with Gasteiger partial charge in [0.15, 0.2) is 0 Å². The first kappa shape index (κ1) is 15.4. The summed E-state index contributed by atoms with van der Waals surface area (Å²) in [6.45, 7) is 4.43. The van der Waals surface area contributed by atoms with Crippen LogP contribution in [0.4, 0.5) is 5.69 Å². The van der Waals surface area contributed by atoms with Crippen molar-refractivity contribution in [2.24, 2.45) is 0 Å². The monoisotopic (exact) mass is 306 g/mol. The molecule has 2 rings (SSSR count). The third kappa shape index (κ3) is 3.98. The van der Waals surface area contributed by atoms with Crippen LogP contribution >= 0.6 is 11.6 Å². The molecule has 1 aromatic carbocycles. The number of nitrogens with one attached hydrogen (secondary N) is 1. The van der Waals surface area contributed by atoms with Crippen LogP contribution in [0.5, 0.6) is 0 Å². The number of nitrogens with two attached hydrogens (primary N) is 1. The third-order valence-corrected chi connectivity index (χ3v) is 3.59. The number of aryl methyl sites for hydroxylation is 1. The van der Waals surface area contributed by atoms with Crippen LogP contribution in [-0.4, -0.2) is 22.2 Å². The van der Waals surface area contributed by atoms with E-state index in [9.17, 15) is 4.79 Å². The number of nitrogens with zero attached hydrogens (tertiary/aromatic N) is 2. The van der Waals surface area contributed by atoms with E-state index in [1.54, 1.807) is 4.68 Å². The van der Waals surface area contributed by atoms with Gasteiger partial charge in [0.1, 0.15) is 6.54 Å². The summed E-state index contributed by atoms with van der Waals surface area (Å²) in [6, 6.07) is 7.62. The molecule has 0 atom stereocenters. The van der Waals surface area contributed by atoms with Crippen LogP contribution in [0.3, 0.4) is 0 Å². The normalized spacial score (nSPS) is 10.6. The first-order valence-corrected chi connectivity index (χ1v) is 7.16. The molecular weight excluding hydrogens is 288 g/mol. The van der Waals surface area contributed by atoms with Crippen molar-refractivity contribution in [3.05, 3.63) is 46.2 Å². The Balaban J connectivity index is 1.84. The molecule has 0 aliphatic heterocycles. The molecule has 0 aliphatic rings. The number of aromatic nitrogens is 2. The van der Waals surface area contributed by atoms with E-state index >= 15 is 0 Å². The number of halogens is 1. The summed E-state index contributed by atoms with van der Waals surface area (Å²) in [5.74, 6) is -0.0809. The van der Waals surface area contributed by atoms with Gasteiger partial charge in [0.05, 0.1) is 17.1 Å². The maximum atomic E-state index is 11.9. The van der Waals surface area contributed by atoms with Crippen molar-refractivity contribution in [1.29, 1.82) is 0 Å². The molecule has 0 radical (unpaired) electrons. The van der Waals surface area contributed by atoms with Gasteiger partial charge in [-0.15, -0.1) is 0 Å². The first-order valence-electron chi connectivity index (χ1n) is 6.78. The zero-order valence-corrected chi connectivity index (χ0v) is 12.9. The topological polar surface area (TPSA) is 72.9 Å². The number of anilines is 1. The largest absolute Gasteiger partial charge is 0.396 e. The highest BCUT2D eigenvalue weighted by atomic mass is 35.5. The Morgan fingerprint density at radius 2 is 2.19 bits per heavy atom. The van der Waals surface area contributed by atoms with E-state index in [0.717, 1.165) is 23.4 Å². The average Bonchev–Trinajstić information content (AvgIpc) is 2.66. The Hall–Kier alpha value is -2.01. The van der Waals surface area contributed by atoms with Gasteiger partial charge in [-0.3, -0.25) is 9.48 Å². The zero-order valence-electron chi connectivity index (χ0n) is 12.2. The number of carbonyl (C=O) groups is 1. The minimum absolute atomic E-state index is 0.0809. The Bertz CT molecular complexity index is 651. The molecule has 0 saturated heterocycles. The molecule has 0 aliphatic carbocycles. The van der Waals surface area contributed by atoms with E-state index in [1.807, 2.05) is 38.1 Å². The molecule has 0 saturated carbocycles. The molecule has 21 heavy (non-hydrogen) atoms. The first-order chi connectivity index (χ1) is 9.97. The Morgan fingerprint density at radius 3 is 2.81 bits per heavy atom. The van der Waals surface area contributed by atoms with Crippen LogP contribution in [0.15, 0.2) is 24.3 Å². The summed E-state index contributed by atoms with van der Waals surface area (Å²) < 4.78 is 1.62. The van der Waals surface area contributed by atoms with E-state index in [0.29, 0.717) is 17.3 Å². The summed E-state index contributed by atoms with van der Waals surface area (Å²) in [6.07, 6.45) is 0.742. The number of amides is 1. The second-order valence-corrected chi connectivity index (χ2v) is 5.41. The molecule has 2 aromatic rings. The van der Waals surface area contributed by atoms with Crippen molar-refractivity contribution in [2.45, 2.75) is 26.8 Å². The second kappa shape index (κ2) is 6.63. The van der Waals surface area contributed by atoms with Crippen LogP contribution in [0.1, 0.15) is 17.0 Å². The van der Waals surface area contributed by atoms with Crippen molar-refractivity contribution >= 4 is 23.2 Å². The number of hydrogen-bond donors (Lipinski definition) is 2. The minimum atomic E-state index is -0.0809. The minimum Gasteiger partial charge on any atom is -0.396 e. The Kier molecular flexibility index (Phi) is 4.85. The number of rotatable bonds is 5. The average molecular weight is 307 g/mol. The summed E-state index contributed by atoms with van der Waals surface area (Å²) in [7, 11) is 0. The maximum absolute atomic E-state index is 11.9. The lowest BCUT2D eigenvalue weighted by molar-refractivity contribution is -0.121. The van der Waals surface area contributed by atoms with Crippen molar-refractivity contribution in [2.75, 3.05) is 12.3 Å². The maximum Gasteiger partial charge on any atom is 0.241 e. The number of benzene rings is 1. The van der Waals surface area contributed by atoms with Crippen molar-refractivity contribution in [1.82, 2.24) is 15.1 Å². The summed E-state index contributed by atoms with van der Waals surface area (Å²) in [5, 5.41) is 7.82. The van der Waals surface area contributed by atoms with E-state index in [2.05, 4.69) is 10.4 Å². The quantitative estimate of drug-likeness (QED) is 0.888. The number of hydrogen-bond acceptors (Lipinski definition) is 3. The van der Waals surface area contributed by atoms with Gasteiger partial charge in [0.2, 0.25) is 5.91 Å². The lowest BCUT2D eigenvalue weighted by Crippen LogP contribution is -2.30. The fraction of sp³-hybridized carbons (Fsp3) is 0.333. The standard InChI is InChI=1S/C15H19ClN4O/c1-10-15(17)11(2)20(19-10)9-14(21)18-7-6-12-4-3-5-13(16)8-12/h3-5,8H,6-7,9,17H2,1-2H3,(H,18,21). The molecule has 0 fully saturated rings. The van der Waals surface area contributed by atoms with Crippen molar-refractivity contribution in [3.8, 4) is 0 Å². The highest BCUT2D eigenvalue weighted by molar-refractivity contribution is 6.30. The summed E-state index contributed by atoms with van der Waals surface area (Å²) in [4.78, 5) is 11.9. The molecule has 1 aromatic heterocycles. The molecule has 0 spiro atoms. The highest BCUT2D eigenvalue weighted by Crippen LogP contribution is 2.14. The molecule has 5 nitrogen and oxygen atoms in total. The molecular formula is C15H19ClN4O. The van der Waals surface area contributed by atoms with Crippen molar-refractivity contribution in [3.63, 3.8) is 0 Å². The molecule has 1 amide bonds. The van der Waals surface area contributed by atoms with E-state index < -0.39 is 0 Å². The van der Waals surface area contributed by atoms with E-state index in [-0.39, 0.29) is 12.5 Å². The number of nitrogen functional groups attached to an aromatic ring is 1. The fourth-order valence-corrected chi connectivity index (χ4v) is 2.31. The molecule has 1 heterocycles. The lowest BCUT2D eigenvalue weighted by atomic mass is 10.1. The van der Waals surface area contributed by atoms with Gasteiger partial charge in [-0.05, 0) is 38.0 Å². The zero-order chi connectivity index (χ0) is 15.4. The summed E-state index contributed by atoms with van der Waals surface area (Å²) >= 11 is 5.92. The predicted octanol–water partition coefficient (Wildman–Crippen LogP) is 2.09. The van der Waals surface area contributed by atoms with Crippen molar-refractivity contribution < 1.29 is 4.79 Å². The highest BCUT2D eigenvalue weighted by Gasteiger charge is 2.11. The lowest BCUT2D eigenvalue weighted by Gasteiger charge is -2.07. The fourth-order valence-electron chi connectivity index (χ4n) is 2.10. The van der Waals surface area contributed by atoms with Crippen LogP contribution in [-0.2, 0) is 17.8 Å². The predicted molar refractivity (Wildman–Crippen MR) is 84.3 cm³/mol. The van der Waals surface area contributed by atoms with Crippen LogP contribution < -0.4 is 11.1 Å². The van der Waals surface area contributed by atoms with Crippen LogP contribution in [0.2, 0.25) is 5.02 Å². The van der Waals surface area contributed by atoms with Gasteiger partial charge >= 0.3 is 0 Å². The SMILES string of the molecule is Cc1nn(CC(=O)NCCc2cccc(Cl)c2)c(C)c1N. The summed E-state index contributed by atoms with van der Waals surface area (Å²) in [5.41, 5.74) is 9.14. The number of carbonyl (C=O) groups excluding carboxylic acids is 1. The Morgan fingerprint density at radius 1 is 1.43 bits per heavy atom. The Labute approximate surface area is 129 Å². The molecule has 0 bridgehead atoms. The van der Waals surface area contributed by atoms with E-state index in [4.69, 9.17) is 17.3 Å². The smallest absolute Gasteiger partial charge is 0.241 e. The van der Waals surface area contributed by atoms with Gasteiger partial charge in [0.25, 0.3) is 0 Å². The van der Waals surface area contributed by atoms with E-state index in [1.165, 1.54) is 0 Å². The third-order valence-electron chi connectivity index (χ3n) is 3.36. The van der Waals surface area contributed by atoms with Gasteiger partial charge < -0.3 is 11.1 Å². The molecule has 3 N–H and O–H groups in total. The van der Waals surface area contributed by atoms with Gasteiger partial charge in [-0.2, -0.15) is 5.10 Å². The molecule has 0 unspecified atom stereocenters. The van der Waals surface area contributed by atoms with Crippen LogP contribution in [0, 0.1) is 13.8 Å². The molecule has 112 valence electrons. The van der Waals surface area contributed by atoms with Crippen LogP contribution in [0.25, 0.3) is 0 Å². The van der Waals surface area contributed by atoms with Gasteiger partial charge in [-0.1, -0.05) is 23.7 Å². The van der Waals surface area contributed by atoms with Gasteiger partial charge in [-0.25, -0.2) is 0 Å². The molecule has 6 heteroatoms. The van der Waals surface area contributed by atoms with Gasteiger partial charge in [0, 0.05) is 11.6 Å². The second-order valence-electron chi connectivity index (χ2n) is 4.97.